The Morgan fingerprint density at radius 3 is 2.24 bits per heavy atom. The monoisotopic (exact) mass is 473 g/mol. The van der Waals surface area contributed by atoms with Crippen LogP contribution in [0.15, 0.2) is 47.4 Å². The van der Waals surface area contributed by atoms with E-state index in [1.165, 1.54) is 45.3 Å². The van der Waals surface area contributed by atoms with Crippen LogP contribution in [0.25, 0.3) is 0 Å². The zero-order valence-electron chi connectivity index (χ0n) is 20.2. The molecule has 1 amide bonds. The summed E-state index contributed by atoms with van der Waals surface area (Å²) in [6.45, 7) is 8.20. The van der Waals surface area contributed by atoms with Crippen LogP contribution in [0.2, 0.25) is 0 Å². The third-order valence-electron chi connectivity index (χ3n) is 6.01. The van der Waals surface area contributed by atoms with Gasteiger partial charge in [-0.1, -0.05) is 38.1 Å². The average molecular weight is 474 g/mol. The Morgan fingerprint density at radius 2 is 1.67 bits per heavy atom. The minimum atomic E-state index is -3.74. The van der Waals surface area contributed by atoms with E-state index in [-0.39, 0.29) is 22.1 Å². The average Bonchev–Trinajstić information content (AvgIpc) is 2.77. The van der Waals surface area contributed by atoms with Crippen molar-refractivity contribution in [1.29, 1.82) is 0 Å². The van der Waals surface area contributed by atoms with E-state index in [2.05, 4.69) is 36.2 Å². The van der Waals surface area contributed by atoms with Crippen LogP contribution in [0.4, 0.5) is 0 Å². The molecule has 2 aromatic carbocycles. The minimum Gasteiger partial charge on any atom is -0.495 e. The van der Waals surface area contributed by atoms with Crippen molar-refractivity contribution >= 4 is 15.9 Å². The largest absolute Gasteiger partial charge is 0.495 e. The van der Waals surface area contributed by atoms with Gasteiger partial charge < -0.3 is 10.1 Å². The number of carbonyl (C=O) groups is 1. The number of benzene rings is 2. The molecular weight excluding hydrogens is 438 g/mol. The first-order valence-corrected chi connectivity index (χ1v) is 12.7. The molecule has 1 fully saturated rings. The molecule has 1 aliphatic rings. The Bertz CT molecular complexity index is 1060. The Kier molecular flexibility index (Phi) is 8.15. The summed E-state index contributed by atoms with van der Waals surface area (Å²) in [4.78, 5) is 15.2. The fraction of sp³-hybridized carbons (Fsp3) is 0.480. The maximum atomic E-state index is 12.7. The zero-order valence-corrected chi connectivity index (χ0v) is 21.0. The van der Waals surface area contributed by atoms with Crippen LogP contribution in [0.3, 0.4) is 0 Å². The highest BCUT2D eigenvalue weighted by molar-refractivity contribution is 7.89. The molecule has 0 spiro atoms. The minimum absolute atomic E-state index is 0.0339. The highest BCUT2D eigenvalue weighted by Crippen LogP contribution is 2.27. The standard InChI is InChI=1S/C25H35N3O4S/c1-18-12-19(2)16-28(15-18)17-21-8-6-20(7-9-21)14-26-25(29)22-10-11-23(32-5)24(13-22)33(30,31)27(3)4/h6-11,13,18-19H,12,14-17H2,1-5H3,(H,26,29). The third kappa shape index (κ3) is 6.34. The molecule has 1 aliphatic heterocycles. The molecule has 0 saturated carbocycles. The molecule has 0 bridgehead atoms. The number of piperidine rings is 1. The molecule has 180 valence electrons. The number of carbonyl (C=O) groups excluding carboxylic acids is 1. The molecule has 1 saturated heterocycles. The molecule has 2 unspecified atom stereocenters. The number of ether oxygens (including phenoxy) is 1. The molecule has 2 atom stereocenters. The Labute approximate surface area is 197 Å². The first-order valence-electron chi connectivity index (χ1n) is 11.3. The topological polar surface area (TPSA) is 79.0 Å². The fourth-order valence-electron chi connectivity index (χ4n) is 4.44. The van der Waals surface area contributed by atoms with Crippen LogP contribution >= 0.6 is 0 Å². The van der Waals surface area contributed by atoms with Gasteiger partial charge in [-0.25, -0.2) is 12.7 Å². The van der Waals surface area contributed by atoms with E-state index in [4.69, 9.17) is 4.74 Å². The number of nitrogens with zero attached hydrogens (tertiary/aromatic N) is 2. The summed E-state index contributed by atoms with van der Waals surface area (Å²) in [7, 11) is 0.544. The van der Waals surface area contributed by atoms with E-state index in [0.29, 0.717) is 6.54 Å². The zero-order chi connectivity index (χ0) is 24.2. The molecule has 7 nitrogen and oxygen atoms in total. The number of hydrogen-bond acceptors (Lipinski definition) is 5. The smallest absolute Gasteiger partial charge is 0.251 e. The van der Waals surface area contributed by atoms with Gasteiger partial charge in [-0.3, -0.25) is 9.69 Å². The van der Waals surface area contributed by atoms with Crippen LogP contribution in [0, 0.1) is 11.8 Å². The van der Waals surface area contributed by atoms with Crippen molar-refractivity contribution < 1.29 is 17.9 Å². The Hall–Kier alpha value is -2.42. The van der Waals surface area contributed by atoms with Crippen LogP contribution in [0.5, 0.6) is 5.75 Å². The maximum Gasteiger partial charge on any atom is 0.251 e. The lowest BCUT2D eigenvalue weighted by molar-refractivity contribution is 0.0950. The summed E-state index contributed by atoms with van der Waals surface area (Å²) < 4.78 is 31.5. The maximum absolute atomic E-state index is 12.7. The van der Waals surface area contributed by atoms with Gasteiger partial charge in [0.05, 0.1) is 7.11 Å². The lowest BCUT2D eigenvalue weighted by atomic mass is 9.91. The lowest BCUT2D eigenvalue weighted by Crippen LogP contribution is -2.38. The van der Waals surface area contributed by atoms with E-state index in [0.717, 1.165) is 41.3 Å². The molecule has 1 N–H and O–H groups in total. The highest BCUT2D eigenvalue weighted by Gasteiger charge is 2.24. The van der Waals surface area contributed by atoms with Gasteiger partial charge in [-0.15, -0.1) is 0 Å². The van der Waals surface area contributed by atoms with Gasteiger partial charge in [0.2, 0.25) is 10.0 Å². The van der Waals surface area contributed by atoms with Gasteiger partial charge in [-0.2, -0.15) is 0 Å². The summed E-state index contributed by atoms with van der Waals surface area (Å²) in [5, 5.41) is 2.87. The molecule has 0 aliphatic carbocycles. The first-order chi connectivity index (χ1) is 15.6. The van der Waals surface area contributed by atoms with E-state index in [1.54, 1.807) is 6.07 Å². The normalized spacial score (nSPS) is 19.5. The molecule has 0 radical (unpaired) electrons. The number of rotatable bonds is 8. The Balaban J connectivity index is 1.63. The van der Waals surface area contributed by atoms with Gasteiger partial charge in [0.15, 0.2) is 0 Å². The molecular formula is C25H35N3O4S. The van der Waals surface area contributed by atoms with Gasteiger partial charge in [0.25, 0.3) is 5.91 Å². The SMILES string of the molecule is COc1ccc(C(=O)NCc2ccc(CN3CC(C)CC(C)C3)cc2)cc1S(=O)(=O)N(C)C. The van der Waals surface area contributed by atoms with Crippen molar-refractivity contribution in [2.24, 2.45) is 11.8 Å². The van der Waals surface area contributed by atoms with Crippen LogP contribution in [-0.2, 0) is 23.1 Å². The van der Waals surface area contributed by atoms with Gasteiger partial charge in [-0.05, 0) is 47.6 Å². The summed E-state index contributed by atoms with van der Waals surface area (Å²) in [5.41, 5.74) is 2.52. The van der Waals surface area contributed by atoms with E-state index >= 15 is 0 Å². The number of sulfonamides is 1. The summed E-state index contributed by atoms with van der Waals surface area (Å²) in [5.74, 6) is 1.32. The lowest BCUT2D eigenvalue weighted by Gasteiger charge is -2.35. The number of amides is 1. The van der Waals surface area contributed by atoms with Crippen molar-refractivity contribution in [1.82, 2.24) is 14.5 Å². The molecule has 1 heterocycles. The second-order valence-electron chi connectivity index (χ2n) is 9.29. The second-order valence-corrected chi connectivity index (χ2v) is 11.4. The molecule has 2 aromatic rings. The summed E-state index contributed by atoms with van der Waals surface area (Å²) in [6, 6.07) is 12.7. The van der Waals surface area contributed by atoms with E-state index in [9.17, 15) is 13.2 Å². The van der Waals surface area contributed by atoms with Crippen LogP contribution in [-0.4, -0.2) is 57.8 Å². The number of hydrogen-bond donors (Lipinski definition) is 1. The first kappa shape index (κ1) is 25.2. The second kappa shape index (κ2) is 10.7. The number of methoxy groups -OCH3 is 1. The predicted octanol–water partition coefficient (Wildman–Crippen LogP) is 3.35. The van der Waals surface area contributed by atoms with Gasteiger partial charge in [0.1, 0.15) is 10.6 Å². The third-order valence-corrected chi connectivity index (χ3v) is 7.85. The quantitative estimate of drug-likeness (QED) is 0.636. The number of nitrogens with one attached hydrogen (secondary N) is 1. The van der Waals surface area contributed by atoms with Crippen molar-refractivity contribution in [3.8, 4) is 5.75 Å². The van der Waals surface area contributed by atoms with Crippen LogP contribution < -0.4 is 10.1 Å². The van der Waals surface area contributed by atoms with Crippen molar-refractivity contribution in [3.63, 3.8) is 0 Å². The van der Waals surface area contributed by atoms with Crippen molar-refractivity contribution in [2.75, 3.05) is 34.3 Å². The van der Waals surface area contributed by atoms with Crippen LogP contribution in [0.1, 0.15) is 41.8 Å². The fourth-order valence-corrected chi connectivity index (χ4v) is 5.52. The van der Waals surface area contributed by atoms with E-state index in [1.807, 2.05) is 12.1 Å². The highest BCUT2D eigenvalue weighted by atomic mass is 32.2. The molecule has 0 aromatic heterocycles. The summed E-state index contributed by atoms with van der Waals surface area (Å²) in [6.07, 6.45) is 1.30. The predicted molar refractivity (Wildman–Crippen MR) is 130 cm³/mol. The number of likely N-dealkylation sites (tertiary alicyclic amines) is 1. The van der Waals surface area contributed by atoms with Crippen molar-refractivity contribution in [2.45, 2.75) is 38.3 Å². The van der Waals surface area contributed by atoms with Gasteiger partial charge >= 0.3 is 0 Å². The summed E-state index contributed by atoms with van der Waals surface area (Å²) >= 11 is 0. The van der Waals surface area contributed by atoms with E-state index < -0.39 is 10.0 Å². The molecule has 3 rings (SSSR count). The molecule has 33 heavy (non-hydrogen) atoms. The van der Waals surface area contributed by atoms with Crippen molar-refractivity contribution in [3.05, 3.63) is 59.2 Å². The Morgan fingerprint density at radius 1 is 1.06 bits per heavy atom. The molecule has 8 heteroatoms. The van der Waals surface area contributed by atoms with Gasteiger partial charge in [0, 0.05) is 45.8 Å².